The maximum atomic E-state index is 13.8. The number of carbonyl (C=O) groups excluding carboxylic acids is 1. The number of rotatable bonds is 7. The fourth-order valence-corrected chi connectivity index (χ4v) is 6.46. The second-order valence-electron chi connectivity index (χ2n) is 11.3. The molecule has 1 aromatic carbocycles. The van der Waals surface area contributed by atoms with Crippen LogP contribution in [0.25, 0.3) is 0 Å². The molecule has 9 heteroatoms. The van der Waals surface area contributed by atoms with Crippen LogP contribution < -0.4 is 9.47 Å². The van der Waals surface area contributed by atoms with E-state index in [0.29, 0.717) is 19.0 Å². The number of ether oxygens (including phenoxy) is 3. The zero-order valence-electron chi connectivity index (χ0n) is 23.0. The van der Waals surface area contributed by atoms with Crippen LogP contribution in [-0.4, -0.2) is 48.8 Å². The van der Waals surface area contributed by atoms with Crippen LogP contribution in [0.3, 0.4) is 0 Å². The van der Waals surface area contributed by atoms with Crippen LogP contribution in [0, 0.1) is 11.8 Å². The molecule has 39 heavy (non-hydrogen) atoms. The Hall–Kier alpha value is -2.81. The number of piperidine rings is 1. The van der Waals surface area contributed by atoms with Crippen molar-refractivity contribution in [3.05, 3.63) is 52.7 Å². The standard InChI is InChI=1S/C30H37F3N2O4/c1-18(28(36)38-4)26(21-6-7-21)22-8-5-20-11-12-29(39-24(20)17-22)13-15-35(16-14-29)19(2)27-23(30(31,32)33)9-10-25(34-27)37-3/h5,8-10,17-19,21,26H,6-7,11-16H2,1-4H3. The van der Waals surface area contributed by atoms with Crippen LogP contribution >= 0.6 is 0 Å². The van der Waals surface area contributed by atoms with E-state index in [0.717, 1.165) is 61.5 Å². The number of methoxy groups -OCH3 is 2. The summed E-state index contributed by atoms with van der Waals surface area (Å²) in [5.74, 6) is 1.21. The van der Waals surface area contributed by atoms with E-state index in [1.165, 1.54) is 20.3 Å². The molecule has 0 bridgehead atoms. The number of aromatic nitrogens is 1. The molecule has 3 aliphatic rings. The van der Waals surface area contributed by atoms with Gasteiger partial charge in [0.15, 0.2) is 0 Å². The molecule has 1 spiro atoms. The number of likely N-dealkylation sites (tertiary alicyclic amines) is 1. The predicted octanol–water partition coefficient (Wildman–Crippen LogP) is 6.33. The number of aryl methyl sites for hydroxylation is 1. The summed E-state index contributed by atoms with van der Waals surface area (Å²) in [4.78, 5) is 18.6. The lowest BCUT2D eigenvalue weighted by Gasteiger charge is -2.46. The molecule has 2 aromatic rings. The number of halogens is 3. The van der Waals surface area contributed by atoms with E-state index in [2.05, 4.69) is 28.1 Å². The van der Waals surface area contributed by atoms with E-state index in [4.69, 9.17) is 14.2 Å². The number of esters is 1. The summed E-state index contributed by atoms with van der Waals surface area (Å²) < 4.78 is 58.1. The van der Waals surface area contributed by atoms with E-state index in [1.54, 1.807) is 6.92 Å². The Bertz CT molecular complexity index is 1210. The van der Waals surface area contributed by atoms with E-state index in [-0.39, 0.29) is 35.0 Å². The first-order valence-corrected chi connectivity index (χ1v) is 13.8. The van der Waals surface area contributed by atoms with E-state index in [9.17, 15) is 18.0 Å². The second-order valence-corrected chi connectivity index (χ2v) is 11.3. The molecule has 212 valence electrons. The van der Waals surface area contributed by atoms with Gasteiger partial charge >= 0.3 is 12.1 Å². The summed E-state index contributed by atoms with van der Waals surface area (Å²) in [6.07, 6.45) is 0.935. The van der Waals surface area contributed by atoms with Crippen molar-refractivity contribution in [2.24, 2.45) is 11.8 Å². The van der Waals surface area contributed by atoms with Gasteiger partial charge in [0, 0.05) is 25.2 Å². The molecule has 1 aliphatic carbocycles. The largest absolute Gasteiger partial charge is 0.487 e. The van der Waals surface area contributed by atoms with Crippen molar-refractivity contribution in [2.45, 2.75) is 76.1 Å². The van der Waals surface area contributed by atoms with Crippen LogP contribution in [0.1, 0.15) is 80.3 Å². The summed E-state index contributed by atoms with van der Waals surface area (Å²) in [5, 5.41) is 0. The normalized spacial score (nSPS) is 21.4. The summed E-state index contributed by atoms with van der Waals surface area (Å²) in [6, 6.07) is 8.16. The summed E-state index contributed by atoms with van der Waals surface area (Å²) in [5.41, 5.74) is 1.19. The maximum absolute atomic E-state index is 13.8. The number of pyridine rings is 1. The Morgan fingerprint density at radius 2 is 1.82 bits per heavy atom. The molecule has 0 amide bonds. The summed E-state index contributed by atoms with van der Waals surface area (Å²) in [7, 11) is 2.84. The number of alkyl halides is 3. The molecule has 3 heterocycles. The van der Waals surface area contributed by atoms with Gasteiger partial charge in [-0.25, -0.2) is 4.98 Å². The molecule has 2 aliphatic heterocycles. The third kappa shape index (κ3) is 5.60. The van der Waals surface area contributed by atoms with Crippen molar-refractivity contribution < 1.29 is 32.2 Å². The zero-order chi connectivity index (χ0) is 27.9. The minimum absolute atomic E-state index is 0.0109. The number of fused-ring (bicyclic) bond motifs is 1. The third-order valence-electron chi connectivity index (χ3n) is 8.96. The minimum Gasteiger partial charge on any atom is -0.487 e. The van der Waals surface area contributed by atoms with Crippen LogP contribution in [0.2, 0.25) is 0 Å². The Labute approximate surface area is 227 Å². The molecular formula is C30H37F3N2O4. The molecule has 0 N–H and O–H groups in total. The minimum atomic E-state index is -4.49. The number of hydrogen-bond acceptors (Lipinski definition) is 6. The van der Waals surface area contributed by atoms with Crippen molar-refractivity contribution >= 4 is 5.97 Å². The summed E-state index contributed by atoms with van der Waals surface area (Å²) >= 11 is 0. The first-order valence-electron chi connectivity index (χ1n) is 13.8. The molecule has 3 unspecified atom stereocenters. The smallest absolute Gasteiger partial charge is 0.418 e. The highest BCUT2D eigenvalue weighted by atomic mass is 19.4. The van der Waals surface area contributed by atoms with Crippen molar-refractivity contribution in [2.75, 3.05) is 27.3 Å². The molecule has 1 aromatic heterocycles. The summed E-state index contributed by atoms with van der Waals surface area (Å²) in [6.45, 7) is 4.93. The van der Waals surface area contributed by atoms with Crippen LogP contribution in [0.4, 0.5) is 13.2 Å². The SMILES string of the molecule is COC(=O)C(C)C(c1ccc2c(c1)OC1(CC2)CCN(C(C)c2nc(OC)ccc2C(F)(F)F)CC1)C1CC1. The van der Waals surface area contributed by atoms with Crippen LogP contribution in [-0.2, 0) is 22.1 Å². The van der Waals surface area contributed by atoms with Crippen LogP contribution in [0.5, 0.6) is 11.6 Å². The Morgan fingerprint density at radius 3 is 2.44 bits per heavy atom. The topological polar surface area (TPSA) is 60.9 Å². The zero-order valence-corrected chi connectivity index (χ0v) is 23.0. The first kappa shape index (κ1) is 27.7. The molecule has 2 fully saturated rings. The Morgan fingerprint density at radius 1 is 1.10 bits per heavy atom. The van der Waals surface area contributed by atoms with Gasteiger partial charge in [-0.05, 0) is 80.5 Å². The number of nitrogens with zero attached hydrogens (tertiary/aromatic N) is 2. The molecule has 5 rings (SSSR count). The van der Waals surface area contributed by atoms with Gasteiger partial charge in [0.1, 0.15) is 11.4 Å². The van der Waals surface area contributed by atoms with Gasteiger partial charge in [-0.3, -0.25) is 9.69 Å². The van der Waals surface area contributed by atoms with Crippen LogP contribution in [0.15, 0.2) is 30.3 Å². The van der Waals surface area contributed by atoms with Crippen molar-refractivity contribution in [1.82, 2.24) is 9.88 Å². The fraction of sp³-hybridized carbons (Fsp3) is 0.600. The molecule has 3 atom stereocenters. The predicted molar refractivity (Wildman–Crippen MR) is 140 cm³/mol. The lowest BCUT2D eigenvalue weighted by molar-refractivity contribution is -0.145. The van der Waals surface area contributed by atoms with Gasteiger partial charge in [0.25, 0.3) is 0 Å². The number of hydrogen-bond donors (Lipinski definition) is 0. The molecular weight excluding hydrogens is 509 g/mol. The maximum Gasteiger partial charge on any atom is 0.418 e. The van der Waals surface area contributed by atoms with Gasteiger partial charge in [-0.15, -0.1) is 0 Å². The number of carbonyl (C=O) groups is 1. The van der Waals surface area contributed by atoms with Gasteiger partial charge in [-0.2, -0.15) is 13.2 Å². The highest BCUT2D eigenvalue weighted by molar-refractivity contribution is 5.73. The lowest BCUT2D eigenvalue weighted by Crippen LogP contribution is -2.50. The van der Waals surface area contributed by atoms with E-state index >= 15 is 0 Å². The van der Waals surface area contributed by atoms with Gasteiger partial charge in [0.05, 0.1) is 31.4 Å². The average molecular weight is 547 g/mol. The Kier molecular flexibility index (Phi) is 7.57. The molecule has 1 saturated heterocycles. The van der Waals surface area contributed by atoms with Crippen molar-refractivity contribution in [3.63, 3.8) is 0 Å². The highest BCUT2D eigenvalue weighted by Crippen LogP contribution is 2.49. The van der Waals surface area contributed by atoms with Gasteiger partial charge < -0.3 is 14.2 Å². The van der Waals surface area contributed by atoms with E-state index < -0.39 is 17.8 Å². The van der Waals surface area contributed by atoms with Gasteiger partial charge in [0.2, 0.25) is 5.88 Å². The molecule has 0 radical (unpaired) electrons. The molecule has 6 nitrogen and oxygen atoms in total. The molecule has 1 saturated carbocycles. The monoisotopic (exact) mass is 546 g/mol. The first-order chi connectivity index (χ1) is 18.5. The third-order valence-corrected chi connectivity index (χ3v) is 8.96. The highest BCUT2D eigenvalue weighted by Gasteiger charge is 2.44. The van der Waals surface area contributed by atoms with Crippen molar-refractivity contribution in [1.29, 1.82) is 0 Å². The van der Waals surface area contributed by atoms with E-state index in [1.807, 2.05) is 6.92 Å². The Balaban J connectivity index is 1.32. The van der Waals surface area contributed by atoms with Gasteiger partial charge in [-0.1, -0.05) is 19.1 Å². The number of benzene rings is 1. The lowest BCUT2D eigenvalue weighted by atomic mass is 9.80. The average Bonchev–Trinajstić information content (AvgIpc) is 3.77. The fourth-order valence-electron chi connectivity index (χ4n) is 6.46. The van der Waals surface area contributed by atoms with Crippen molar-refractivity contribution in [3.8, 4) is 11.6 Å². The second kappa shape index (κ2) is 10.6. The quantitative estimate of drug-likeness (QED) is 0.378.